The van der Waals surface area contributed by atoms with Gasteiger partial charge in [-0.3, -0.25) is 0 Å². The Morgan fingerprint density at radius 2 is 2.12 bits per heavy atom. The molecule has 0 atom stereocenters. The van der Waals surface area contributed by atoms with E-state index in [1.54, 1.807) is 0 Å². The molecular formula is C7H13Br. The molecule has 0 saturated heterocycles. The zero-order valence-electron chi connectivity index (χ0n) is 5.58. The molecule has 0 bridgehead atoms. The second-order valence-corrected chi connectivity index (χ2v) is 2.83. The average Bonchev–Trinajstić information content (AvgIpc) is 1.68. The lowest BCUT2D eigenvalue weighted by atomic mass is 10.3. The van der Waals surface area contributed by atoms with Crippen molar-refractivity contribution in [2.24, 2.45) is 0 Å². The Morgan fingerprint density at radius 3 is 2.50 bits per heavy atom. The highest BCUT2D eigenvalue weighted by atomic mass is 79.9. The smallest absolute Gasteiger partial charge is 0.00894 e. The summed E-state index contributed by atoms with van der Waals surface area (Å²) in [5.74, 6) is 0. The van der Waals surface area contributed by atoms with Gasteiger partial charge < -0.3 is 0 Å². The van der Waals surface area contributed by atoms with Crippen LogP contribution in [-0.2, 0) is 0 Å². The molecule has 0 heterocycles. The van der Waals surface area contributed by atoms with Crippen molar-refractivity contribution in [3.05, 3.63) is 10.6 Å². The lowest BCUT2D eigenvalue weighted by Gasteiger charge is -1.90. The first-order valence-electron chi connectivity index (χ1n) is 3.15. The van der Waals surface area contributed by atoms with E-state index < -0.39 is 0 Å². The molecule has 8 heavy (non-hydrogen) atoms. The average molecular weight is 177 g/mol. The molecule has 0 fully saturated rings. The molecule has 0 nitrogen and oxygen atoms in total. The normalized spacial score (nSPS) is 12.1. The van der Waals surface area contributed by atoms with E-state index in [9.17, 15) is 0 Å². The molecule has 0 N–H and O–H groups in total. The van der Waals surface area contributed by atoms with E-state index in [4.69, 9.17) is 0 Å². The number of hydrogen-bond acceptors (Lipinski definition) is 0. The summed E-state index contributed by atoms with van der Waals surface area (Å²) in [6, 6.07) is 0. The molecule has 0 aromatic rings. The largest absolute Gasteiger partial charge is 0.0746 e. The van der Waals surface area contributed by atoms with Crippen LogP contribution in [0.4, 0.5) is 0 Å². The molecule has 0 aliphatic carbocycles. The molecule has 0 spiro atoms. The molecule has 0 aliphatic rings. The maximum Gasteiger partial charge on any atom is -0.00894 e. The third kappa shape index (κ3) is 4.38. The zero-order chi connectivity index (χ0) is 6.41. The highest BCUT2D eigenvalue weighted by molar-refractivity contribution is 9.11. The van der Waals surface area contributed by atoms with E-state index in [0.717, 1.165) is 6.42 Å². The predicted octanol–water partition coefficient (Wildman–Crippen LogP) is 3.48. The molecule has 0 saturated carbocycles. The third-order valence-electron chi connectivity index (χ3n) is 0.914. The first-order valence-corrected chi connectivity index (χ1v) is 3.95. The number of halogens is 1. The first-order chi connectivity index (χ1) is 3.81. The predicted molar refractivity (Wildman–Crippen MR) is 42.2 cm³/mol. The van der Waals surface area contributed by atoms with Gasteiger partial charge in [0.2, 0.25) is 0 Å². The van der Waals surface area contributed by atoms with Crippen molar-refractivity contribution >= 4 is 15.9 Å². The lowest BCUT2D eigenvalue weighted by Crippen LogP contribution is -1.68. The standard InChI is InChI=1S/C7H13Br/c1-3-5-7(8)6-4-2/h5H,3-4,6H2,1-2H3. The van der Waals surface area contributed by atoms with Crippen LogP contribution in [0.25, 0.3) is 0 Å². The number of allylic oxidation sites excluding steroid dienone is 2. The molecular weight excluding hydrogens is 164 g/mol. The van der Waals surface area contributed by atoms with E-state index in [1.165, 1.54) is 17.3 Å². The van der Waals surface area contributed by atoms with Gasteiger partial charge in [-0.05, 0) is 17.3 Å². The van der Waals surface area contributed by atoms with Gasteiger partial charge in [0.25, 0.3) is 0 Å². The minimum absolute atomic E-state index is 1.14. The van der Waals surface area contributed by atoms with Crippen LogP contribution < -0.4 is 0 Å². The Labute approximate surface area is 60.1 Å². The van der Waals surface area contributed by atoms with Crippen molar-refractivity contribution < 1.29 is 0 Å². The van der Waals surface area contributed by atoms with Gasteiger partial charge in [0.05, 0.1) is 0 Å². The second kappa shape index (κ2) is 5.36. The maximum absolute atomic E-state index is 3.46. The van der Waals surface area contributed by atoms with Gasteiger partial charge in [0.1, 0.15) is 0 Å². The van der Waals surface area contributed by atoms with Gasteiger partial charge >= 0.3 is 0 Å². The SMILES string of the molecule is CCC=C(Br)CCC. The molecule has 0 aromatic heterocycles. The summed E-state index contributed by atoms with van der Waals surface area (Å²) in [6.45, 7) is 4.34. The van der Waals surface area contributed by atoms with Crippen LogP contribution in [0, 0.1) is 0 Å². The van der Waals surface area contributed by atoms with Crippen LogP contribution >= 0.6 is 15.9 Å². The van der Waals surface area contributed by atoms with Crippen molar-refractivity contribution in [3.8, 4) is 0 Å². The monoisotopic (exact) mass is 176 g/mol. The molecule has 0 aromatic carbocycles. The molecule has 0 rings (SSSR count). The minimum atomic E-state index is 1.14. The number of rotatable bonds is 3. The summed E-state index contributed by atoms with van der Waals surface area (Å²) in [5, 5.41) is 0. The van der Waals surface area contributed by atoms with Gasteiger partial charge in [0.15, 0.2) is 0 Å². The van der Waals surface area contributed by atoms with Crippen LogP contribution in [-0.4, -0.2) is 0 Å². The fourth-order valence-electron chi connectivity index (χ4n) is 0.562. The summed E-state index contributed by atoms with van der Waals surface area (Å²) < 4.78 is 1.35. The van der Waals surface area contributed by atoms with Crippen molar-refractivity contribution in [1.82, 2.24) is 0 Å². The molecule has 1 heteroatoms. The summed E-state index contributed by atoms with van der Waals surface area (Å²) in [5.41, 5.74) is 0. The van der Waals surface area contributed by atoms with E-state index in [1.807, 2.05) is 0 Å². The molecule has 0 amide bonds. The van der Waals surface area contributed by atoms with E-state index in [-0.39, 0.29) is 0 Å². The van der Waals surface area contributed by atoms with Crippen LogP contribution in [0.1, 0.15) is 33.1 Å². The van der Waals surface area contributed by atoms with Crippen LogP contribution in [0.2, 0.25) is 0 Å². The first kappa shape index (κ1) is 8.22. The molecule has 48 valence electrons. The fourth-order valence-corrected chi connectivity index (χ4v) is 1.28. The number of hydrogen-bond donors (Lipinski definition) is 0. The van der Waals surface area contributed by atoms with Crippen molar-refractivity contribution in [2.75, 3.05) is 0 Å². The van der Waals surface area contributed by atoms with Crippen LogP contribution in [0.3, 0.4) is 0 Å². The van der Waals surface area contributed by atoms with E-state index in [2.05, 4.69) is 35.9 Å². The highest BCUT2D eigenvalue weighted by Crippen LogP contribution is 2.12. The topological polar surface area (TPSA) is 0 Å². The fraction of sp³-hybridized carbons (Fsp3) is 0.714. The Balaban J connectivity index is 3.29. The Kier molecular flexibility index (Phi) is 5.51. The quantitative estimate of drug-likeness (QED) is 0.619. The van der Waals surface area contributed by atoms with E-state index >= 15 is 0 Å². The van der Waals surface area contributed by atoms with Crippen molar-refractivity contribution in [1.29, 1.82) is 0 Å². The maximum atomic E-state index is 3.46. The van der Waals surface area contributed by atoms with Crippen molar-refractivity contribution in [3.63, 3.8) is 0 Å². The van der Waals surface area contributed by atoms with Gasteiger partial charge in [0, 0.05) is 0 Å². The summed E-state index contributed by atoms with van der Waals surface area (Å²) in [4.78, 5) is 0. The van der Waals surface area contributed by atoms with E-state index in [0.29, 0.717) is 0 Å². The van der Waals surface area contributed by atoms with Gasteiger partial charge in [-0.25, -0.2) is 0 Å². The highest BCUT2D eigenvalue weighted by Gasteiger charge is 1.84. The van der Waals surface area contributed by atoms with Gasteiger partial charge in [-0.15, -0.1) is 0 Å². The van der Waals surface area contributed by atoms with Crippen molar-refractivity contribution in [2.45, 2.75) is 33.1 Å². The Bertz CT molecular complexity index is 74.5. The lowest BCUT2D eigenvalue weighted by molar-refractivity contribution is 0.943. The summed E-state index contributed by atoms with van der Waals surface area (Å²) in [6.07, 6.45) is 5.77. The third-order valence-corrected chi connectivity index (χ3v) is 1.63. The molecule has 0 aliphatic heterocycles. The summed E-state index contributed by atoms with van der Waals surface area (Å²) >= 11 is 3.46. The molecule has 0 radical (unpaired) electrons. The minimum Gasteiger partial charge on any atom is -0.0746 e. The Morgan fingerprint density at radius 1 is 1.50 bits per heavy atom. The van der Waals surface area contributed by atoms with Crippen LogP contribution in [0.5, 0.6) is 0 Å². The van der Waals surface area contributed by atoms with Gasteiger partial charge in [-0.1, -0.05) is 42.3 Å². The second-order valence-electron chi connectivity index (χ2n) is 1.81. The van der Waals surface area contributed by atoms with Gasteiger partial charge in [-0.2, -0.15) is 0 Å². The summed E-state index contributed by atoms with van der Waals surface area (Å²) in [7, 11) is 0. The Hall–Kier alpha value is 0.220. The zero-order valence-corrected chi connectivity index (χ0v) is 7.16. The van der Waals surface area contributed by atoms with Crippen LogP contribution in [0.15, 0.2) is 10.6 Å². The molecule has 0 unspecified atom stereocenters.